The molecule has 0 bridgehead atoms. The molecule has 0 saturated carbocycles. The molecule has 1 aromatic carbocycles. The SMILES string of the molecule is CCNC(=NCCNC(=O)c1ccco1)N(C)Cc1ccc(C(F)(F)F)cc1. The van der Waals surface area contributed by atoms with Crippen LogP contribution in [0.1, 0.15) is 28.6 Å². The van der Waals surface area contributed by atoms with E-state index in [0.717, 1.165) is 17.7 Å². The molecule has 0 spiro atoms. The number of nitrogens with zero attached hydrogens (tertiary/aromatic N) is 2. The first-order chi connectivity index (χ1) is 13.3. The summed E-state index contributed by atoms with van der Waals surface area (Å²) in [5, 5.41) is 5.82. The molecule has 0 saturated heterocycles. The molecule has 0 fully saturated rings. The number of carbonyl (C=O) groups is 1. The Kier molecular flexibility index (Phi) is 7.48. The zero-order valence-electron chi connectivity index (χ0n) is 15.7. The van der Waals surface area contributed by atoms with Crippen LogP contribution in [0.3, 0.4) is 0 Å². The summed E-state index contributed by atoms with van der Waals surface area (Å²) >= 11 is 0. The maximum Gasteiger partial charge on any atom is 0.416 e. The highest BCUT2D eigenvalue weighted by atomic mass is 19.4. The second-order valence-electron chi connectivity index (χ2n) is 6.02. The monoisotopic (exact) mass is 396 g/mol. The van der Waals surface area contributed by atoms with Crippen LogP contribution in [0.25, 0.3) is 0 Å². The molecule has 152 valence electrons. The van der Waals surface area contributed by atoms with Gasteiger partial charge in [0.15, 0.2) is 11.7 Å². The van der Waals surface area contributed by atoms with Gasteiger partial charge in [0.2, 0.25) is 0 Å². The van der Waals surface area contributed by atoms with Gasteiger partial charge in [0.25, 0.3) is 5.91 Å². The van der Waals surface area contributed by atoms with Crippen LogP contribution in [0, 0.1) is 0 Å². The Morgan fingerprint density at radius 2 is 1.89 bits per heavy atom. The predicted molar refractivity (Wildman–Crippen MR) is 99.9 cm³/mol. The van der Waals surface area contributed by atoms with Gasteiger partial charge in [0.05, 0.1) is 18.4 Å². The van der Waals surface area contributed by atoms with Gasteiger partial charge in [-0.25, -0.2) is 0 Å². The molecule has 2 N–H and O–H groups in total. The van der Waals surface area contributed by atoms with E-state index in [1.807, 2.05) is 6.92 Å². The third-order valence-corrected chi connectivity index (χ3v) is 3.80. The molecule has 0 aliphatic heterocycles. The summed E-state index contributed by atoms with van der Waals surface area (Å²) in [7, 11) is 1.79. The van der Waals surface area contributed by atoms with E-state index in [1.165, 1.54) is 18.4 Å². The standard InChI is InChI=1S/C19H23F3N4O2/c1-3-23-18(25-11-10-24-17(27)16-5-4-12-28-16)26(2)13-14-6-8-15(9-7-14)19(20,21)22/h4-9,12H,3,10-11,13H2,1-2H3,(H,23,25)(H,24,27). The maximum atomic E-state index is 12.7. The Hall–Kier alpha value is -2.97. The van der Waals surface area contributed by atoms with Gasteiger partial charge in [0.1, 0.15) is 0 Å². The summed E-state index contributed by atoms with van der Waals surface area (Å²) in [5.41, 5.74) is 0.0546. The highest BCUT2D eigenvalue weighted by Crippen LogP contribution is 2.29. The molecule has 1 amide bonds. The van der Waals surface area contributed by atoms with E-state index >= 15 is 0 Å². The summed E-state index contributed by atoms with van der Waals surface area (Å²) in [4.78, 5) is 18.0. The summed E-state index contributed by atoms with van der Waals surface area (Å²) in [6.45, 7) is 3.60. The molecule has 6 nitrogen and oxygen atoms in total. The molecule has 0 aliphatic carbocycles. The molecule has 9 heteroatoms. The van der Waals surface area contributed by atoms with Crippen LogP contribution in [-0.2, 0) is 12.7 Å². The Balaban J connectivity index is 1.90. The van der Waals surface area contributed by atoms with E-state index in [-0.39, 0.29) is 11.7 Å². The molecule has 0 radical (unpaired) electrons. The van der Waals surface area contributed by atoms with Crippen molar-refractivity contribution in [1.29, 1.82) is 0 Å². The minimum atomic E-state index is -4.35. The summed E-state index contributed by atoms with van der Waals surface area (Å²) in [6.07, 6.45) is -2.92. The molecular weight excluding hydrogens is 373 g/mol. The average Bonchev–Trinajstić information content (AvgIpc) is 3.18. The number of furan rings is 1. The van der Waals surface area contributed by atoms with Gasteiger partial charge >= 0.3 is 6.18 Å². The number of aliphatic imine (C=N–C) groups is 1. The second-order valence-corrected chi connectivity index (χ2v) is 6.02. The summed E-state index contributed by atoms with van der Waals surface area (Å²) in [5.74, 6) is 0.508. The lowest BCUT2D eigenvalue weighted by atomic mass is 10.1. The van der Waals surface area contributed by atoms with Crippen LogP contribution in [0.2, 0.25) is 0 Å². The number of alkyl halides is 3. The largest absolute Gasteiger partial charge is 0.459 e. The zero-order valence-corrected chi connectivity index (χ0v) is 15.7. The van der Waals surface area contributed by atoms with E-state index in [2.05, 4.69) is 15.6 Å². The molecule has 0 aliphatic rings. The van der Waals surface area contributed by atoms with E-state index in [4.69, 9.17) is 4.42 Å². The normalized spacial score (nSPS) is 12.0. The zero-order chi connectivity index (χ0) is 20.6. The lowest BCUT2D eigenvalue weighted by molar-refractivity contribution is -0.137. The fraction of sp³-hybridized carbons (Fsp3) is 0.368. The van der Waals surface area contributed by atoms with Crippen LogP contribution < -0.4 is 10.6 Å². The lowest BCUT2D eigenvalue weighted by Crippen LogP contribution is -2.39. The van der Waals surface area contributed by atoms with Crippen LogP contribution in [0.15, 0.2) is 52.1 Å². The first-order valence-electron chi connectivity index (χ1n) is 8.78. The number of rotatable bonds is 7. The van der Waals surface area contributed by atoms with Crippen molar-refractivity contribution < 1.29 is 22.4 Å². The Morgan fingerprint density at radius 1 is 1.18 bits per heavy atom. The molecule has 0 unspecified atom stereocenters. The Labute approximate surface area is 161 Å². The number of benzene rings is 1. The van der Waals surface area contributed by atoms with Crippen LogP contribution in [-0.4, -0.2) is 43.4 Å². The minimum Gasteiger partial charge on any atom is -0.459 e. The molecule has 2 rings (SSSR count). The second kappa shape index (κ2) is 9.82. The van der Waals surface area contributed by atoms with Crippen molar-refractivity contribution in [3.05, 3.63) is 59.5 Å². The third kappa shape index (κ3) is 6.33. The van der Waals surface area contributed by atoms with Crippen molar-refractivity contribution in [1.82, 2.24) is 15.5 Å². The van der Waals surface area contributed by atoms with Crippen molar-refractivity contribution in [3.8, 4) is 0 Å². The number of hydrogen-bond acceptors (Lipinski definition) is 3. The topological polar surface area (TPSA) is 69.9 Å². The van der Waals surface area contributed by atoms with E-state index < -0.39 is 11.7 Å². The minimum absolute atomic E-state index is 0.232. The molecule has 28 heavy (non-hydrogen) atoms. The van der Waals surface area contributed by atoms with Gasteiger partial charge in [-0.2, -0.15) is 13.2 Å². The number of halogens is 3. The molecule has 1 aromatic heterocycles. The number of carbonyl (C=O) groups excluding carboxylic acids is 1. The third-order valence-electron chi connectivity index (χ3n) is 3.80. The van der Waals surface area contributed by atoms with Gasteiger partial charge < -0.3 is 20.0 Å². The summed E-state index contributed by atoms with van der Waals surface area (Å²) in [6, 6.07) is 8.24. The highest BCUT2D eigenvalue weighted by molar-refractivity contribution is 5.91. The Morgan fingerprint density at radius 3 is 2.46 bits per heavy atom. The van der Waals surface area contributed by atoms with E-state index in [1.54, 1.807) is 24.1 Å². The van der Waals surface area contributed by atoms with Crippen molar-refractivity contribution >= 4 is 11.9 Å². The highest BCUT2D eigenvalue weighted by Gasteiger charge is 2.29. The molecule has 0 atom stereocenters. The molecular formula is C19H23F3N4O2. The van der Waals surface area contributed by atoms with Crippen molar-refractivity contribution in [2.24, 2.45) is 4.99 Å². The van der Waals surface area contributed by atoms with Crippen LogP contribution in [0.4, 0.5) is 13.2 Å². The average molecular weight is 396 g/mol. The van der Waals surface area contributed by atoms with Crippen LogP contribution in [0.5, 0.6) is 0 Å². The Bertz CT molecular complexity index is 771. The van der Waals surface area contributed by atoms with Crippen molar-refractivity contribution in [2.75, 3.05) is 26.7 Å². The predicted octanol–water partition coefficient (Wildman–Crippen LogP) is 3.13. The fourth-order valence-corrected chi connectivity index (χ4v) is 2.44. The molecule has 2 aromatic rings. The number of guanidine groups is 1. The first kappa shape index (κ1) is 21.3. The van der Waals surface area contributed by atoms with Gasteiger partial charge in [-0.3, -0.25) is 9.79 Å². The number of nitrogens with one attached hydrogen (secondary N) is 2. The smallest absolute Gasteiger partial charge is 0.416 e. The summed E-state index contributed by atoms with van der Waals surface area (Å²) < 4.78 is 43.0. The van der Waals surface area contributed by atoms with Crippen molar-refractivity contribution in [2.45, 2.75) is 19.6 Å². The van der Waals surface area contributed by atoms with Gasteiger partial charge in [-0.05, 0) is 36.8 Å². The van der Waals surface area contributed by atoms with Gasteiger partial charge in [0, 0.05) is 26.7 Å². The number of amides is 1. The van der Waals surface area contributed by atoms with Gasteiger partial charge in [-0.15, -0.1) is 0 Å². The van der Waals surface area contributed by atoms with Gasteiger partial charge in [-0.1, -0.05) is 12.1 Å². The quantitative estimate of drug-likeness (QED) is 0.429. The van der Waals surface area contributed by atoms with Crippen LogP contribution >= 0.6 is 0 Å². The van der Waals surface area contributed by atoms with E-state index in [9.17, 15) is 18.0 Å². The number of hydrogen-bond donors (Lipinski definition) is 2. The van der Waals surface area contributed by atoms with Crippen molar-refractivity contribution in [3.63, 3.8) is 0 Å². The maximum absolute atomic E-state index is 12.7. The molecule has 1 heterocycles. The first-order valence-corrected chi connectivity index (χ1v) is 8.78. The lowest BCUT2D eigenvalue weighted by Gasteiger charge is -2.22. The van der Waals surface area contributed by atoms with E-state index in [0.29, 0.717) is 32.1 Å². The fourth-order valence-electron chi connectivity index (χ4n) is 2.44.